The van der Waals surface area contributed by atoms with Crippen molar-refractivity contribution in [1.82, 2.24) is 4.90 Å². The van der Waals surface area contributed by atoms with Gasteiger partial charge >= 0.3 is 0 Å². The van der Waals surface area contributed by atoms with Gasteiger partial charge in [-0.1, -0.05) is 24.3 Å². The fourth-order valence-electron chi connectivity index (χ4n) is 3.53. The summed E-state index contributed by atoms with van der Waals surface area (Å²) in [5.41, 5.74) is 2.29. The molecular formula is C23H23NO4. The normalized spacial score (nSPS) is 16.9. The van der Waals surface area contributed by atoms with Crippen LogP contribution in [0.5, 0.6) is 11.5 Å². The Balaban J connectivity index is 1.55. The number of nitrogens with zero attached hydrogens (tertiary/aromatic N) is 1. The monoisotopic (exact) mass is 377 g/mol. The Morgan fingerprint density at radius 2 is 1.89 bits per heavy atom. The van der Waals surface area contributed by atoms with Gasteiger partial charge in [0.05, 0.1) is 20.3 Å². The molecule has 1 aliphatic heterocycles. The predicted octanol–water partition coefficient (Wildman–Crippen LogP) is 4.08. The van der Waals surface area contributed by atoms with Crippen molar-refractivity contribution in [3.63, 3.8) is 0 Å². The lowest BCUT2D eigenvalue weighted by Crippen LogP contribution is -2.42. The van der Waals surface area contributed by atoms with Crippen molar-refractivity contribution in [2.45, 2.75) is 13.0 Å². The molecule has 1 aliphatic rings. The highest BCUT2D eigenvalue weighted by molar-refractivity contribution is 5.95. The number of rotatable bonds is 3. The zero-order valence-electron chi connectivity index (χ0n) is 16.0. The lowest BCUT2D eigenvalue weighted by atomic mass is 10.0. The van der Waals surface area contributed by atoms with Crippen LogP contribution in [0.25, 0.3) is 10.8 Å². The quantitative estimate of drug-likeness (QED) is 0.747. The van der Waals surface area contributed by atoms with E-state index in [0.29, 0.717) is 25.3 Å². The molecule has 5 heteroatoms. The number of methoxy groups -OCH3 is 1. The minimum atomic E-state index is -0.178. The van der Waals surface area contributed by atoms with Gasteiger partial charge in [-0.05, 0) is 59.2 Å². The molecule has 0 spiro atoms. The summed E-state index contributed by atoms with van der Waals surface area (Å²) in [6.45, 7) is 3.31. The molecule has 0 radical (unpaired) electrons. The summed E-state index contributed by atoms with van der Waals surface area (Å²) in [4.78, 5) is 14.7. The highest BCUT2D eigenvalue weighted by atomic mass is 16.5. The molecule has 28 heavy (non-hydrogen) atoms. The smallest absolute Gasteiger partial charge is 0.254 e. The first-order chi connectivity index (χ1) is 13.5. The molecule has 144 valence electrons. The Bertz CT molecular complexity index is 1030. The number of hydrogen-bond donors (Lipinski definition) is 1. The van der Waals surface area contributed by atoms with Crippen LogP contribution in [0.3, 0.4) is 0 Å². The minimum absolute atomic E-state index is 0.0888. The first kappa shape index (κ1) is 18.3. The number of benzene rings is 3. The average Bonchev–Trinajstić information content (AvgIpc) is 2.74. The number of hydrogen-bond acceptors (Lipinski definition) is 4. The molecule has 3 aromatic rings. The van der Waals surface area contributed by atoms with E-state index in [2.05, 4.69) is 12.1 Å². The molecule has 1 fully saturated rings. The number of amides is 1. The number of aryl methyl sites for hydroxylation is 1. The zero-order chi connectivity index (χ0) is 19.7. The standard InChI is InChI=1S/C23H23NO4/c1-15-3-4-19(13-21(15)25)23(26)24-9-10-28-22(14-24)18-6-5-17-12-20(27-2)8-7-16(17)11-18/h3-8,11-13,22,25H,9-10,14H2,1-2H3/t22-/m0/s1. The first-order valence-corrected chi connectivity index (χ1v) is 9.33. The Hall–Kier alpha value is -3.05. The summed E-state index contributed by atoms with van der Waals surface area (Å²) >= 11 is 0. The molecule has 0 aliphatic carbocycles. The fraction of sp³-hybridized carbons (Fsp3) is 0.261. The third-order valence-electron chi connectivity index (χ3n) is 5.25. The second-order valence-corrected chi connectivity index (χ2v) is 7.08. The van der Waals surface area contributed by atoms with Crippen LogP contribution < -0.4 is 4.74 Å². The minimum Gasteiger partial charge on any atom is -0.508 e. The van der Waals surface area contributed by atoms with Crippen molar-refractivity contribution < 1.29 is 19.4 Å². The van der Waals surface area contributed by atoms with Crippen LogP contribution in [0.4, 0.5) is 0 Å². The highest BCUT2D eigenvalue weighted by Crippen LogP contribution is 2.28. The third kappa shape index (κ3) is 3.53. The number of ether oxygens (including phenoxy) is 2. The van der Waals surface area contributed by atoms with E-state index in [1.54, 1.807) is 24.1 Å². The van der Waals surface area contributed by atoms with Crippen LogP contribution in [-0.4, -0.2) is 42.7 Å². The molecule has 1 N–H and O–H groups in total. The van der Waals surface area contributed by atoms with Gasteiger partial charge in [0.2, 0.25) is 0 Å². The number of carbonyl (C=O) groups is 1. The molecule has 0 unspecified atom stereocenters. The molecule has 1 atom stereocenters. The molecule has 3 aromatic carbocycles. The van der Waals surface area contributed by atoms with Gasteiger partial charge in [0.1, 0.15) is 17.6 Å². The zero-order valence-corrected chi connectivity index (χ0v) is 16.0. The Morgan fingerprint density at radius 1 is 1.11 bits per heavy atom. The summed E-state index contributed by atoms with van der Waals surface area (Å²) in [6.07, 6.45) is -0.178. The Kier molecular flexibility index (Phi) is 4.92. The van der Waals surface area contributed by atoms with Crippen LogP contribution >= 0.6 is 0 Å². The maximum absolute atomic E-state index is 12.9. The van der Waals surface area contributed by atoms with Crippen LogP contribution in [0.2, 0.25) is 0 Å². The van der Waals surface area contributed by atoms with Crippen LogP contribution in [-0.2, 0) is 4.74 Å². The molecule has 5 nitrogen and oxygen atoms in total. The molecule has 0 saturated carbocycles. The van der Waals surface area contributed by atoms with Gasteiger partial charge in [-0.15, -0.1) is 0 Å². The number of fused-ring (bicyclic) bond motifs is 1. The SMILES string of the molecule is COc1ccc2cc([C@@H]3CN(C(=O)c4ccc(C)c(O)c4)CCO3)ccc2c1. The molecule has 0 aromatic heterocycles. The second-order valence-electron chi connectivity index (χ2n) is 7.08. The lowest BCUT2D eigenvalue weighted by molar-refractivity contribution is -0.0227. The molecule has 1 amide bonds. The predicted molar refractivity (Wildman–Crippen MR) is 108 cm³/mol. The van der Waals surface area contributed by atoms with Crippen molar-refractivity contribution in [2.24, 2.45) is 0 Å². The summed E-state index contributed by atoms with van der Waals surface area (Å²) in [7, 11) is 1.66. The van der Waals surface area contributed by atoms with E-state index in [0.717, 1.165) is 27.6 Å². The van der Waals surface area contributed by atoms with E-state index in [1.807, 2.05) is 31.2 Å². The van der Waals surface area contributed by atoms with Crippen molar-refractivity contribution in [3.8, 4) is 11.5 Å². The molecule has 1 saturated heterocycles. The highest BCUT2D eigenvalue weighted by Gasteiger charge is 2.26. The van der Waals surface area contributed by atoms with Gasteiger partial charge in [-0.3, -0.25) is 4.79 Å². The van der Waals surface area contributed by atoms with Gasteiger partial charge in [0, 0.05) is 12.1 Å². The second kappa shape index (κ2) is 7.52. The van der Waals surface area contributed by atoms with E-state index in [4.69, 9.17) is 9.47 Å². The first-order valence-electron chi connectivity index (χ1n) is 9.33. The molecule has 1 heterocycles. The lowest BCUT2D eigenvalue weighted by Gasteiger charge is -2.33. The largest absolute Gasteiger partial charge is 0.508 e. The molecular weight excluding hydrogens is 354 g/mol. The summed E-state index contributed by atoms with van der Waals surface area (Å²) in [5, 5.41) is 12.1. The fourth-order valence-corrected chi connectivity index (χ4v) is 3.53. The van der Waals surface area contributed by atoms with Crippen LogP contribution in [0.1, 0.15) is 27.6 Å². The van der Waals surface area contributed by atoms with Crippen LogP contribution in [0.15, 0.2) is 54.6 Å². The van der Waals surface area contributed by atoms with Gasteiger partial charge in [0.25, 0.3) is 5.91 Å². The van der Waals surface area contributed by atoms with Crippen molar-refractivity contribution in [1.29, 1.82) is 0 Å². The van der Waals surface area contributed by atoms with Crippen molar-refractivity contribution in [3.05, 3.63) is 71.3 Å². The Morgan fingerprint density at radius 3 is 2.68 bits per heavy atom. The van der Waals surface area contributed by atoms with Gasteiger partial charge < -0.3 is 19.5 Å². The third-order valence-corrected chi connectivity index (χ3v) is 5.25. The number of carbonyl (C=O) groups excluding carboxylic acids is 1. The number of phenolic OH excluding ortho intramolecular Hbond substituents is 1. The van der Waals surface area contributed by atoms with Gasteiger partial charge in [-0.2, -0.15) is 0 Å². The molecule has 4 rings (SSSR count). The maximum atomic E-state index is 12.9. The topological polar surface area (TPSA) is 59.0 Å². The van der Waals surface area contributed by atoms with Crippen LogP contribution in [0, 0.1) is 6.92 Å². The summed E-state index contributed by atoms with van der Waals surface area (Å²) < 4.78 is 11.2. The van der Waals surface area contributed by atoms with E-state index in [-0.39, 0.29) is 17.8 Å². The van der Waals surface area contributed by atoms with E-state index < -0.39 is 0 Å². The van der Waals surface area contributed by atoms with Crippen molar-refractivity contribution >= 4 is 16.7 Å². The summed E-state index contributed by atoms with van der Waals surface area (Å²) in [6, 6.07) is 17.2. The van der Waals surface area contributed by atoms with E-state index in [9.17, 15) is 9.90 Å². The number of morpholine rings is 1. The maximum Gasteiger partial charge on any atom is 0.254 e. The molecule has 0 bridgehead atoms. The van der Waals surface area contributed by atoms with E-state index >= 15 is 0 Å². The summed E-state index contributed by atoms with van der Waals surface area (Å²) in [5.74, 6) is 0.877. The van der Waals surface area contributed by atoms with Gasteiger partial charge in [0.15, 0.2) is 0 Å². The van der Waals surface area contributed by atoms with E-state index in [1.165, 1.54) is 6.07 Å². The average molecular weight is 377 g/mol. The number of phenols is 1. The van der Waals surface area contributed by atoms with Gasteiger partial charge in [-0.25, -0.2) is 0 Å². The number of aromatic hydroxyl groups is 1. The Labute approximate surface area is 164 Å². The van der Waals surface area contributed by atoms with Crippen molar-refractivity contribution in [2.75, 3.05) is 26.8 Å².